The van der Waals surface area contributed by atoms with Crippen LogP contribution in [-0.2, 0) is 6.54 Å². The zero-order chi connectivity index (χ0) is 23.0. The summed E-state index contributed by atoms with van der Waals surface area (Å²) in [6.07, 6.45) is 1.98. The molecule has 4 rings (SSSR count). The number of ether oxygens (including phenoxy) is 1. The highest BCUT2D eigenvalue weighted by atomic mass is 16.6. The molecule has 1 aromatic heterocycles. The van der Waals surface area contributed by atoms with Crippen molar-refractivity contribution in [1.82, 2.24) is 9.13 Å². The van der Waals surface area contributed by atoms with E-state index in [-0.39, 0.29) is 35.4 Å². The van der Waals surface area contributed by atoms with Gasteiger partial charge >= 0.3 is 11.4 Å². The maximum Gasteiger partial charge on any atom is 0.329 e. The van der Waals surface area contributed by atoms with E-state index in [2.05, 4.69) is 0 Å². The van der Waals surface area contributed by atoms with Crippen molar-refractivity contribution in [2.45, 2.75) is 44.4 Å². The first-order valence-electron chi connectivity index (χ1n) is 10.2. The molecule has 32 heavy (non-hydrogen) atoms. The van der Waals surface area contributed by atoms with E-state index in [1.165, 1.54) is 35.9 Å². The lowest BCUT2D eigenvalue weighted by molar-refractivity contribution is -0.385. The number of aliphatic hydroxyl groups excluding tert-OH is 1. The van der Waals surface area contributed by atoms with Gasteiger partial charge in [-0.25, -0.2) is 4.79 Å². The van der Waals surface area contributed by atoms with Gasteiger partial charge in [0.15, 0.2) is 5.75 Å². The quantitative estimate of drug-likeness (QED) is 0.456. The molecule has 1 N–H and O–H groups in total. The Morgan fingerprint density at radius 1 is 1.03 bits per heavy atom. The van der Waals surface area contributed by atoms with Gasteiger partial charge in [0, 0.05) is 24.2 Å². The summed E-state index contributed by atoms with van der Waals surface area (Å²) in [6, 6.07) is 8.55. The van der Waals surface area contributed by atoms with Crippen LogP contribution in [0.1, 0.15) is 37.3 Å². The summed E-state index contributed by atoms with van der Waals surface area (Å²) in [5.41, 5.74) is 0.709. The Bertz CT molecular complexity index is 1260. The third-order valence-electron chi connectivity index (χ3n) is 5.97. The Kier molecular flexibility index (Phi) is 5.66. The predicted octanol–water partition coefficient (Wildman–Crippen LogP) is 3.15. The van der Waals surface area contributed by atoms with Crippen molar-refractivity contribution in [2.75, 3.05) is 7.11 Å². The number of hydrogen-bond donors (Lipinski definition) is 1. The number of aromatic nitrogens is 2. The van der Waals surface area contributed by atoms with E-state index < -0.39 is 16.0 Å². The summed E-state index contributed by atoms with van der Waals surface area (Å²) in [5, 5.41) is 32.5. The second kappa shape index (κ2) is 8.42. The van der Waals surface area contributed by atoms with Crippen molar-refractivity contribution in [2.24, 2.45) is 0 Å². The van der Waals surface area contributed by atoms with Gasteiger partial charge in [0.25, 0.3) is 5.69 Å². The van der Waals surface area contributed by atoms with Crippen LogP contribution in [0.5, 0.6) is 5.75 Å². The lowest BCUT2D eigenvalue weighted by Crippen LogP contribution is -2.31. The highest BCUT2D eigenvalue weighted by Gasteiger charge is 2.27. The maximum absolute atomic E-state index is 13.4. The van der Waals surface area contributed by atoms with Gasteiger partial charge < -0.3 is 9.84 Å². The van der Waals surface area contributed by atoms with Crippen LogP contribution < -0.4 is 10.4 Å². The number of benzene rings is 2. The average molecular weight is 442 g/mol. The molecule has 1 aliphatic rings. The van der Waals surface area contributed by atoms with Crippen LogP contribution in [-0.4, -0.2) is 37.3 Å². The van der Waals surface area contributed by atoms with E-state index >= 15 is 0 Å². The first kappa shape index (κ1) is 21.5. The molecule has 0 radical (unpaired) electrons. The molecule has 168 valence electrons. The lowest BCUT2D eigenvalue weighted by atomic mass is 9.93. The monoisotopic (exact) mass is 442 g/mol. The van der Waals surface area contributed by atoms with E-state index in [9.17, 15) is 30.1 Å². The van der Waals surface area contributed by atoms with Crippen molar-refractivity contribution in [3.8, 4) is 5.75 Å². The second-order valence-electron chi connectivity index (χ2n) is 7.89. The molecule has 2 aromatic carbocycles. The van der Waals surface area contributed by atoms with Crippen LogP contribution >= 0.6 is 0 Å². The Hall–Kier alpha value is -3.73. The molecule has 11 heteroatoms. The van der Waals surface area contributed by atoms with Crippen LogP contribution in [0.25, 0.3) is 11.0 Å². The number of nitro benzene ring substituents is 2. The van der Waals surface area contributed by atoms with Gasteiger partial charge in [-0.05, 0) is 43.4 Å². The van der Waals surface area contributed by atoms with Gasteiger partial charge in [-0.3, -0.25) is 29.4 Å². The number of imidazole rings is 1. The molecule has 0 amide bonds. The molecule has 1 saturated carbocycles. The van der Waals surface area contributed by atoms with E-state index in [1.54, 1.807) is 16.7 Å². The molecule has 0 bridgehead atoms. The summed E-state index contributed by atoms with van der Waals surface area (Å²) < 4.78 is 8.06. The van der Waals surface area contributed by atoms with Gasteiger partial charge in [-0.1, -0.05) is 6.07 Å². The number of aliphatic hydroxyl groups is 1. The molecule has 1 heterocycles. The molecule has 1 aliphatic carbocycles. The largest absolute Gasteiger partial charge is 0.490 e. The molecular weight excluding hydrogens is 420 g/mol. The van der Waals surface area contributed by atoms with Gasteiger partial charge in [0.1, 0.15) is 0 Å². The normalized spacial score (nSPS) is 18.6. The fourth-order valence-corrected chi connectivity index (χ4v) is 4.36. The zero-order valence-corrected chi connectivity index (χ0v) is 17.3. The topological polar surface area (TPSA) is 143 Å². The number of hydrogen-bond acceptors (Lipinski definition) is 7. The first-order chi connectivity index (χ1) is 15.3. The standard InChI is InChI=1S/C21H22N4O7/c1-32-20-9-2-13(10-19(20)25(30)31)12-22-18-11-15(24(28)29)5-8-17(18)23(21(22)27)14-3-6-16(26)7-4-14/h2,5,8-11,14,16,26H,3-4,6-7,12H2,1H3. The Balaban J connectivity index is 1.85. The fraction of sp³-hybridized carbons (Fsp3) is 0.381. The van der Waals surface area contributed by atoms with Crippen molar-refractivity contribution in [3.63, 3.8) is 0 Å². The molecular formula is C21H22N4O7. The number of nitrogens with zero attached hydrogens (tertiary/aromatic N) is 4. The van der Waals surface area contributed by atoms with Crippen LogP contribution in [0.15, 0.2) is 41.2 Å². The van der Waals surface area contributed by atoms with Crippen molar-refractivity contribution in [1.29, 1.82) is 0 Å². The van der Waals surface area contributed by atoms with Crippen molar-refractivity contribution >= 4 is 22.4 Å². The van der Waals surface area contributed by atoms with Crippen molar-refractivity contribution < 1.29 is 19.7 Å². The number of fused-ring (bicyclic) bond motifs is 1. The second-order valence-corrected chi connectivity index (χ2v) is 7.89. The molecule has 0 saturated heterocycles. The minimum absolute atomic E-state index is 0.00365. The summed E-state index contributed by atoms with van der Waals surface area (Å²) in [6.45, 7) is 0.00365. The first-order valence-corrected chi connectivity index (χ1v) is 10.2. The SMILES string of the molecule is COc1ccc(Cn2c(=O)n(C3CCC(O)CC3)c3ccc([N+](=O)[O-])cc32)cc1[N+](=O)[O-]. The van der Waals surface area contributed by atoms with Gasteiger partial charge in [-0.15, -0.1) is 0 Å². The minimum atomic E-state index is -0.563. The zero-order valence-electron chi connectivity index (χ0n) is 17.3. The Morgan fingerprint density at radius 2 is 1.75 bits per heavy atom. The number of methoxy groups -OCH3 is 1. The average Bonchev–Trinajstić information content (AvgIpc) is 3.05. The van der Waals surface area contributed by atoms with Crippen LogP contribution in [0.2, 0.25) is 0 Å². The van der Waals surface area contributed by atoms with E-state index in [0.29, 0.717) is 42.3 Å². The Morgan fingerprint density at radius 3 is 2.38 bits per heavy atom. The highest BCUT2D eigenvalue weighted by Crippen LogP contribution is 2.32. The minimum Gasteiger partial charge on any atom is -0.490 e. The summed E-state index contributed by atoms with van der Waals surface area (Å²) in [5.74, 6) is 0.102. The number of rotatable bonds is 6. The Labute approximate surface area is 181 Å². The van der Waals surface area contributed by atoms with Crippen LogP contribution in [0, 0.1) is 20.2 Å². The predicted molar refractivity (Wildman–Crippen MR) is 115 cm³/mol. The van der Waals surface area contributed by atoms with Gasteiger partial charge in [0.2, 0.25) is 0 Å². The molecule has 0 atom stereocenters. The summed E-state index contributed by atoms with van der Waals surface area (Å²) in [4.78, 5) is 35.0. The van der Waals surface area contributed by atoms with E-state index in [4.69, 9.17) is 4.74 Å². The number of non-ortho nitro benzene ring substituents is 1. The molecule has 11 nitrogen and oxygen atoms in total. The van der Waals surface area contributed by atoms with Gasteiger partial charge in [-0.2, -0.15) is 0 Å². The smallest absolute Gasteiger partial charge is 0.329 e. The maximum atomic E-state index is 13.4. The molecule has 1 fully saturated rings. The molecule has 3 aromatic rings. The number of nitro groups is 2. The molecule has 0 spiro atoms. The van der Waals surface area contributed by atoms with Crippen LogP contribution in [0.4, 0.5) is 11.4 Å². The van der Waals surface area contributed by atoms with Crippen molar-refractivity contribution in [3.05, 3.63) is 72.7 Å². The fourth-order valence-electron chi connectivity index (χ4n) is 4.36. The van der Waals surface area contributed by atoms with Crippen LogP contribution in [0.3, 0.4) is 0 Å². The molecule has 0 aliphatic heterocycles. The lowest BCUT2D eigenvalue weighted by Gasteiger charge is -2.26. The third-order valence-corrected chi connectivity index (χ3v) is 5.97. The van der Waals surface area contributed by atoms with E-state index in [0.717, 1.165) is 0 Å². The van der Waals surface area contributed by atoms with Gasteiger partial charge in [0.05, 0.1) is 40.6 Å². The highest BCUT2D eigenvalue weighted by molar-refractivity contribution is 5.79. The summed E-state index contributed by atoms with van der Waals surface area (Å²) >= 11 is 0. The van der Waals surface area contributed by atoms with E-state index in [1.807, 2.05) is 0 Å². The third kappa shape index (κ3) is 3.82. The molecule has 0 unspecified atom stereocenters. The summed E-state index contributed by atoms with van der Waals surface area (Å²) in [7, 11) is 1.33.